The molecule has 2 aromatic heterocycles. The van der Waals surface area contributed by atoms with Crippen molar-refractivity contribution in [3.05, 3.63) is 36.8 Å². The van der Waals surface area contributed by atoms with E-state index in [0.717, 1.165) is 24.1 Å². The number of anilines is 1. The fourth-order valence-corrected chi connectivity index (χ4v) is 2.72. The molecule has 0 spiro atoms. The van der Waals surface area contributed by atoms with Crippen molar-refractivity contribution >= 4 is 12.0 Å². The van der Waals surface area contributed by atoms with Gasteiger partial charge in [0, 0.05) is 43.3 Å². The Labute approximate surface area is 141 Å². The normalized spacial score (nSPS) is 15.1. The highest BCUT2D eigenvalue weighted by Crippen LogP contribution is 2.19. The van der Waals surface area contributed by atoms with E-state index in [-0.39, 0.29) is 12.1 Å². The summed E-state index contributed by atoms with van der Waals surface area (Å²) in [4.78, 5) is 26.3. The second-order valence-electron chi connectivity index (χ2n) is 5.61. The summed E-state index contributed by atoms with van der Waals surface area (Å²) in [5.74, 6) is 0.610. The summed E-state index contributed by atoms with van der Waals surface area (Å²) in [5, 5.41) is 3.37. The zero-order valence-electron chi connectivity index (χ0n) is 13.7. The predicted molar refractivity (Wildman–Crippen MR) is 90.5 cm³/mol. The lowest BCUT2D eigenvalue weighted by atomic mass is 10.1. The van der Waals surface area contributed by atoms with Crippen LogP contribution < -0.4 is 5.32 Å². The Morgan fingerprint density at radius 3 is 2.71 bits per heavy atom. The van der Waals surface area contributed by atoms with Crippen molar-refractivity contribution in [2.45, 2.75) is 25.8 Å². The highest BCUT2D eigenvalue weighted by atomic mass is 16.6. The quantitative estimate of drug-likeness (QED) is 0.929. The summed E-state index contributed by atoms with van der Waals surface area (Å²) in [7, 11) is 0. The Hall–Kier alpha value is -2.70. The molecule has 0 aromatic carbocycles. The SMILES string of the molecule is CCOC(=O)N1CCC(Nc2nccc(-c3ccncc3)n2)CC1. The van der Waals surface area contributed by atoms with E-state index in [1.165, 1.54) is 0 Å². The van der Waals surface area contributed by atoms with Crippen molar-refractivity contribution < 1.29 is 9.53 Å². The first-order valence-electron chi connectivity index (χ1n) is 8.18. The third-order valence-electron chi connectivity index (χ3n) is 3.99. The number of aromatic nitrogens is 3. The number of likely N-dealkylation sites (tertiary alicyclic amines) is 1. The Balaban J connectivity index is 1.59. The fourth-order valence-electron chi connectivity index (χ4n) is 2.72. The van der Waals surface area contributed by atoms with Gasteiger partial charge in [0.2, 0.25) is 5.95 Å². The van der Waals surface area contributed by atoms with Gasteiger partial charge in [-0.3, -0.25) is 4.98 Å². The van der Waals surface area contributed by atoms with Crippen LogP contribution in [0.15, 0.2) is 36.8 Å². The van der Waals surface area contributed by atoms with Crippen molar-refractivity contribution in [1.82, 2.24) is 19.9 Å². The Kier molecular flexibility index (Phi) is 5.20. The minimum atomic E-state index is -0.230. The first-order chi connectivity index (χ1) is 11.8. The second-order valence-corrected chi connectivity index (χ2v) is 5.61. The summed E-state index contributed by atoms with van der Waals surface area (Å²) in [6.45, 7) is 3.59. The number of nitrogens with one attached hydrogen (secondary N) is 1. The number of hydrogen-bond donors (Lipinski definition) is 1. The molecular weight excluding hydrogens is 306 g/mol. The predicted octanol–water partition coefficient (Wildman–Crippen LogP) is 2.57. The highest BCUT2D eigenvalue weighted by molar-refractivity contribution is 5.67. The number of rotatable bonds is 4. The maximum absolute atomic E-state index is 11.7. The van der Waals surface area contributed by atoms with Gasteiger partial charge in [-0.05, 0) is 38.0 Å². The van der Waals surface area contributed by atoms with Crippen molar-refractivity contribution in [2.24, 2.45) is 0 Å². The van der Waals surface area contributed by atoms with Gasteiger partial charge in [-0.1, -0.05) is 0 Å². The van der Waals surface area contributed by atoms with Crippen LogP contribution in [0.25, 0.3) is 11.3 Å². The standard InChI is InChI=1S/C17H21N5O2/c1-2-24-17(23)22-11-6-14(7-12-22)20-16-19-10-5-15(21-16)13-3-8-18-9-4-13/h3-5,8-10,14H,2,6-7,11-12H2,1H3,(H,19,20,21). The van der Waals surface area contributed by atoms with E-state index in [2.05, 4.69) is 20.3 Å². The zero-order chi connectivity index (χ0) is 16.8. The molecule has 0 atom stereocenters. The molecular formula is C17H21N5O2. The molecule has 7 nitrogen and oxygen atoms in total. The molecule has 3 rings (SSSR count). The number of amides is 1. The van der Waals surface area contributed by atoms with E-state index in [1.54, 1.807) is 23.5 Å². The molecule has 7 heteroatoms. The van der Waals surface area contributed by atoms with Crippen molar-refractivity contribution in [1.29, 1.82) is 0 Å². The molecule has 1 aliphatic rings. The van der Waals surface area contributed by atoms with E-state index < -0.39 is 0 Å². The Bertz CT molecular complexity index is 672. The lowest BCUT2D eigenvalue weighted by molar-refractivity contribution is 0.0983. The zero-order valence-corrected chi connectivity index (χ0v) is 13.7. The van der Waals surface area contributed by atoms with E-state index in [1.807, 2.05) is 25.1 Å². The van der Waals surface area contributed by atoms with Gasteiger partial charge in [0.1, 0.15) is 0 Å². The summed E-state index contributed by atoms with van der Waals surface area (Å²) >= 11 is 0. The van der Waals surface area contributed by atoms with Crippen LogP contribution >= 0.6 is 0 Å². The van der Waals surface area contributed by atoms with E-state index in [9.17, 15) is 4.79 Å². The van der Waals surface area contributed by atoms with Gasteiger partial charge < -0.3 is 15.0 Å². The number of nitrogens with zero attached hydrogens (tertiary/aromatic N) is 4. The van der Waals surface area contributed by atoms with Crippen LogP contribution in [-0.4, -0.2) is 51.7 Å². The second kappa shape index (κ2) is 7.72. The lowest BCUT2D eigenvalue weighted by Crippen LogP contribution is -2.42. The van der Waals surface area contributed by atoms with E-state index in [0.29, 0.717) is 25.6 Å². The average molecular weight is 327 g/mol. The van der Waals surface area contributed by atoms with Crippen molar-refractivity contribution in [3.8, 4) is 11.3 Å². The van der Waals surface area contributed by atoms with Crippen LogP contribution in [0.2, 0.25) is 0 Å². The van der Waals surface area contributed by atoms with Crippen LogP contribution in [0.5, 0.6) is 0 Å². The molecule has 1 fully saturated rings. The molecule has 0 saturated carbocycles. The van der Waals surface area contributed by atoms with Crippen LogP contribution in [-0.2, 0) is 4.74 Å². The van der Waals surface area contributed by atoms with Gasteiger partial charge >= 0.3 is 6.09 Å². The van der Waals surface area contributed by atoms with Gasteiger partial charge in [0.25, 0.3) is 0 Å². The maximum Gasteiger partial charge on any atom is 0.409 e. The first kappa shape index (κ1) is 16.2. The Morgan fingerprint density at radius 1 is 1.25 bits per heavy atom. The maximum atomic E-state index is 11.7. The third kappa shape index (κ3) is 3.98. The minimum Gasteiger partial charge on any atom is -0.450 e. The third-order valence-corrected chi connectivity index (χ3v) is 3.99. The topological polar surface area (TPSA) is 80.2 Å². The number of piperidine rings is 1. The average Bonchev–Trinajstić information content (AvgIpc) is 2.63. The van der Waals surface area contributed by atoms with Gasteiger partial charge in [-0.25, -0.2) is 14.8 Å². The number of pyridine rings is 1. The number of carbonyl (C=O) groups is 1. The highest BCUT2D eigenvalue weighted by Gasteiger charge is 2.23. The van der Waals surface area contributed by atoms with Gasteiger partial charge in [0.15, 0.2) is 0 Å². The van der Waals surface area contributed by atoms with E-state index >= 15 is 0 Å². The molecule has 1 saturated heterocycles. The van der Waals surface area contributed by atoms with Crippen LogP contribution in [0.4, 0.5) is 10.7 Å². The van der Waals surface area contributed by atoms with Crippen LogP contribution in [0.1, 0.15) is 19.8 Å². The number of hydrogen-bond acceptors (Lipinski definition) is 6. The summed E-state index contributed by atoms with van der Waals surface area (Å²) < 4.78 is 5.04. The summed E-state index contributed by atoms with van der Waals surface area (Å²) in [6.07, 6.45) is 6.71. The van der Waals surface area contributed by atoms with Crippen molar-refractivity contribution in [3.63, 3.8) is 0 Å². The summed E-state index contributed by atoms with van der Waals surface area (Å²) in [5.41, 5.74) is 1.87. The molecule has 126 valence electrons. The van der Waals surface area contributed by atoms with Gasteiger partial charge in [0.05, 0.1) is 12.3 Å². The first-order valence-corrected chi connectivity index (χ1v) is 8.18. The molecule has 1 amide bonds. The fraction of sp³-hybridized carbons (Fsp3) is 0.412. The minimum absolute atomic E-state index is 0.230. The molecule has 3 heterocycles. The molecule has 2 aromatic rings. The van der Waals surface area contributed by atoms with Gasteiger partial charge in [-0.2, -0.15) is 0 Å². The van der Waals surface area contributed by atoms with Gasteiger partial charge in [-0.15, -0.1) is 0 Å². The van der Waals surface area contributed by atoms with Crippen molar-refractivity contribution in [2.75, 3.05) is 25.0 Å². The molecule has 1 aliphatic heterocycles. The molecule has 0 unspecified atom stereocenters. The molecule has 0 aliphatic carbocycles. The molecule has 0 bridgehead atoms. The number of ether oxygens (including phenoxy) is 1. The molecule has 1 N–H and O–H groups in total. The van der Waals surface area contributed by atoms with Crippen LogP contribution in [0, 0.1) is 0 Å². The smallest absolute Gasteiger partial charge is 0.409 e. The monoisotopic (exact) mass is 327 g/mol. The molecule has 0 radical (unpaired) electrons. The van der Waals surface area contributed by atoms with Crippen LogP contribution in [0.3, 0.4) is 0 Å². The molecule has 24 heavy (non-hydrogen) atoms. The largest absolute Gasteiger partial charge is 0.450 e. The Morgan fingerprint density at radius 2 is 2.00 bits per heavy atom. The number of carbonyl (C=O) groups excluding carboxylic acids is 1. The summed E-state index contributed by atoms with van der Waals surface area (Å²) in [6, 6.07) is 5.97. The van der Waals surface area contributed by atoms with E-state index in [4.69, 9.17) is 4.74 Å². The lowest BCUT2D eigenvalue weighted by Gasteiger charge is -2.31.